The Morgan fingerprint density at radius 1 is 1.53 bits per heavy atom. The van der Waals surface area contributed by atoms with Crippen molar-refractivity contribution in [1.82, 2.24) is 4.90 Å². The number of aliphatic carboxylic acids is 1. The van der Waals surface area contributed by atoms with Crippen molar-refractivity contribution in [2.45, 2.75) is 12.6 Å². The predicted octanol–water partition coefficient (Wildman–Crippen LogP) is 2.45. The first-order valence-corrected chi connectivity index (χ1v) is 7.41. The fourth-order valence-electron chi connectivity index (χ4n) is 1.90. The van der Waals surface area contributed by atoms with E-state index in [0.717, 1.165) is 22.3 Å². The van der Waals surface area contributed by atoms with Crippen molar-refractivity contribution >= 4 is 33.7 Å². The molecular weight excluding hydrogens is 302 g/mol. The Kier molecular flexibility index (Phi) is 4.48. The average molecular weight is 316 g/mol. The molecule has 92 valence electrons. The Bertz CT molecular complexity index is 413. The van der Waals surface area contributed by atoms with Crippen LogP contribution >= 0.6 is 27.7 Å². The lowest BCUT2D eigenvalue weighted by Crippen LogP contribution is -2.46. The van der Waals surface area contributed by atoms with Gasteiger partial charge in [0, 0.05) is 29.1 Å². The molecule has 1 aliphatic rings. The Labute approximate surface area is 113 Å². The summed E-state index contributed by atoms with van der Waals surface area (Å²) in [4.78, 5) is 13.2. The van der Waals surface area contributed by atoms with E-state index < -0.39 is 5.97 Å². The van der Waals surface area contributed by atoms with Crippen molar-refractivity contribution in [1.29, 1.82) is 0 Å². The van der Waals surface area contributed by atoms with Crippen molar-refractivity contribution in [2.24, 2.45) is 0 Å². The van der Waals surface area contributed by atoms with E-state index in [9.17, 15) is 9.90 Å². The first-order chi connectivity index (χ1) is 8.18. The molecule has 1 N–H and O–H groups in total. The normalized spacial score (nSPS) is 21.4. The lowest BCUT2D eigenvalue weighted by atomic mass is 10.2. The minimum atomic E-state index is -0.718. The molecule has 0 bridgehead atoms. The summed E-state index contributed by atoms with van der Waals surface area (Å²) < 4.78 is 1.04. The molecule has 1 heterocycles. The Hall–Kier alpha value is -0.520. The second-order valence-electron chi connectivity index (χ2n) is 3.99. The first-order valence-electron chi connectivity index (χ1n) is 5.46. The molecule has 0 spiro atoms. The fraction of sp³-hybridized carbons (Fsp3) is 0.417. The monoisotopic (exact) mass is 315 g/mol. The molecular formula is C12H14BrNO2S. The Morgan fingerprint density at radius 3 is 3.00 bits per heavy atom. The summed E-state index contributed by atoms with van der Waals surface area (Å²) in [7, 11) is 0. The second-order valence-corrected chi connectivity index (χ2v) is 6.00. The fourth-order valence-corrected chi connectivity index (χ4v) is 3.42. The number of carboxylic acids is 1. The smallest absolute Gasteiger partial charge is 0.321 e. The number of benzene rings is 1. The predicted molar refractivity (Wildman–Crippen MR) is 73.3 cm³/mol. The molecule has 2 rings (SSSR count). The van der Waals surface area contributed by atoms with E-state index in [1.807, 2.05) is 29.2 Å². The molecule has 0 radical (unpaired) electrons. The van der Waals surface area contributed by atoms with Gasteiger partial charge < -0.3 is 5.11 Å². The number of nitrogens with zero attached hydrogens (tertiary/aromatic N) is 1. The molecule has 0 aromatic heterocycles. The molecule has 0 amide bonds. The minimum Gasteiger partial charge on any atom is -0.480 e. The molecule has 0 saturated carbocycles. The highest BCUT2D eigenvalue weighted by Gasteiger charge is 2.28. The van der Waals surface area contributed by atoms with Crippen LogP contribution in [-0.2, 0) is 11.3 Å². The van der Waals surface area contributed by atoms with Crippen molar-refractivity contribution < 1.29 is 9.90 Å². The van der Waals surface area contributed by atoms with E-state index in [0.29, 0.717) is 12.3 Å². The van der Waals surface area contributed by atoms with Crippen LogP contribution in [-0.4, -0.2) is 40.1 Å². The van der Waals surface area contributed by atoms with Gasteiger partial charge in [-0.1, -0.05) is 34.1 Å². The van der Waals surface area contributed by atoms with Gasteiger partial charge in [0.2, 0.25) is 0 Å². The summed E-state index contributed by atoms with van der Waals surface area (Å²) in [6.07, 6.45) is 0. The molecule has 5 heteroatoms. The Balaban J connectivity index is 2.11. The van der Waals surface area contributed by atoms with Gasteiger partial charge in [0.25, 0.3) is 0 Å². The summed E-state index contributed by atoms with van der Waals surface area (Å²) in [5, 5.41) is 9.19. The highest BCUT2D eigenvalue weighted by Crippen LogP contribution is 2.23. The number of thioether (sulfide) groups is 1. The van der Waals surface area contributed by atoms with Gasteiger partial charge in [0.1, 0.15) is 6.04 Å². The van der Waals surface area contributed by atoms with Crippen LogP contribution < -0.4 is 0 Å². The number of rotatable bonds is 3. The summed E-state index contributed by atoms with van der Waals surface area (Å²) in [6.45, 7) is 1.53. The standard InChI is InChI=1S/C12H14BrNO2S/c13-10-4-2-1-3-9(10)7-14-5-6-17-8-11(14)12(15)16/h1-4,11H,5-8H2,(H,15,16). The van der Waals surface area contributed by atoms with Gasteiger partial charge in [-0.05, 0) is 11.6 Å². The van der Waals surface area contributed by atoms with E-state index in [2.05, 4.69) is 15.9 Å². The number of carboxylic acid groups (broad SMARTS) is 1. The number of carbonyl (C=O) groups is 1. The maximum absolute atomic E-state index is 11.2. The average Bonchev–Trinajstić information content (AvgIpc) is 2.32. The van der Waals surface area contributed by atoms with Gasteiger partial charge in [-0.25, -0.2) is 0 Å². The zero-order valence-corrected chi connectivity index (χ0v) is 11.7. The lowest BCUT2D eigenvalue weighted by Gasteiger charge is -2.32. The zero-order chi connectivity index (χ0) is 12.3. The van der Waals surface area contributed by atoms with Gasteiger partial charge in [-0.15, -0.1) is 0 Å². The topological polar surface area (TPSA) is 40.5 Å². The van der Waals surface area contributed by atoms with Gasteiger partial charge in [-0.3, -0.25) is 9.69 Å². The summed E-state index contributed by atoms with van der Waals surface area (Å²) in [5.74, 6) is 0.970. The molecule has 3 nitrogen and oxygen atoms in total. The SMILES string of the molecule is O=C(O)C1CSCCN1Cc1ccccc1Br. The molecule has 1 aromatic carbocycles. The second kappa shape index (κ2) is 5.89. The van der Waals surface area contributed by atoms with Crippen molar-refractivity contribution in [2.75, 3.05) is 18.1 Å². The summed E-state index contributed by atoms with van der Waals surface area (Å²) >= 11 is 5.22. The van der Waals surface area contributed by atoms with Gasteiger partial charge in [-0.2, -0.15) is 11.8 Å². The minimum absolute atomic E-state index is 0.360. The molecule has 1 aliphatic heterocycles. The number of halogens is 1. The molecule has 1 atom stereocenters. The molecule has 1 saturated heterocycles. The van der Waals surface area contributed by atoms with Crippen LogP contribution in [0.3, 0.4) is 0 Å². The van der Waals surface area contributed by atoms with Crippen LogP contribution in [0, 0.1) is 0 Å². The van der Waals surface area contributed by atoms with Crippen molar-refractivity contribution in [3.05, 3.63) is 34.3 Å². The molecule has 1 unspecified atom stereocenters. The van der Waals surface area contributed by atoms with Crippen LogP contribution in [0.2, 0.25) is 0 Å². The van der Waals surface area contributed by atoms with Crippen LogP contribution in [0.15, 0.2) is 28.7 Å². The van der Waals surface area contributed by atoms with Crippen LogP contribution in [0.1, 0.15) is 5.56 Å². The van der Waals surface area contributed by atoms with Crippen molar-refractivity contribution in [3.63, 3.8) is 0 Å². The highest BCUT2D eigenvalue weighted by atomic mass is 79.9. The van der Waals surface area contributed by atoms with Gasteiger partial charge in [0.15, 0.2) is 0 Å². The van der Waals surface area contributed by atoms with E-state index >= 15 is 0 Å². The number of hydrogen-bond donors (Lipinski definition) is 1. The van der Waals surface area contributed by atoms with E-state index in [-0.39, 0.29) is 6.04 Å². The van der Waals surface area contributed by atoms with Crippen LogP contribution in [0.4, 0.5) is 0 Å². The third-order valence-electron chi connectivity index (χ3n) is 2.86. The quantitative estimate of drug-likeness (QED) is 0.930. The molecule has 17 heavy (non-hydrogen) atoms. The summed E-state index contributed by atoms with van der Waals surface area (Å²) in [6, 6.07) is 7.61. The molecule has 1 aromatic rings. The van der Waals surface area contributed by atoms with E-state index in [1.54, 1.807) is 11.8 Å². The highest BCUT2D eigenvalue weighted by molar-refractivity contribution is 9.10. The van der Waals surface area contributed by atoms with Gasteiger partial charge in [0.05, 0.1) is 0 Å². The van der Waals surface area contributed by atoms with Crippen LogP contribution in [0.25, 0.3) is 0 Å². The third kappa shape index (κ3) is 3.24. The van der Waals surface area contributed by atoms with E-state index in [1.165, 1.54) is 0 Å². The molecule has 0 aliphatic carbocycles. The lowest BCUT2D eigenvalue weighted by molar-refractivity contribution is -0.142. The summed E-state index contributed by atoms with van der Waals surface area (Å²) in [5.41, 5.74) is 1.14. The molecule has 1 fully saturated rings. The number of hydrogen-bond acceptors (Lipinski definition) is 3. The largest absolute Gasteiger partial charge is 0.480 e. The third-order valence-corrected chi connectivity index (χ3v) is 4.65. The van der Waals surface area contributed by atoms with Crippen LogP contribution in [0.5, 0.6) is 0 Å². The van der Waals surface area contributed by atoms with Gasteiger partial charge >= 0.3 is 5.97 Å². The maximum Gasteiger partial charge on any atom is 0.321 e. The van der Waals surface area contributed by atoms with E-state index in [4.69, 9.17) is 0 Å². The Morgan fingerprint density at radius 2 is 2.29 bits per heavy atom. The zero-order valence-electron chi connectivity index (χ0n) is 9.30. The first kappa shape index (κ1) is 12.9. The maximum atomic E-state index is 11.2. The van der Waals surface area contributed by atoms with Crippen molar-refractivity contribution in [3.8, 4) is 0 Å².